The van der Waals surface area contributed by atoms with Gasteiger partial charge in [0.05, 0.1) is 21.7 Å². The number of fused-ring (bicyclic) bond motifs is 9. The maximum Gasteiger partial charge on any atom is 0.120 e. The van der Waals surface area contributed by atoms with Crippen molar-refractivity contribution in [1.82, 2.24) is 9.55 Å². The first-order valence-electron chi connectivity index (χ1n) is 15.6. The van der Waals surface area contributed by atoms with Crippen LogP contribution in [0.1, 0.15) is 103 Å². The largest absolute Gasteiger partial charge is 0.294 e. The molecule has 3 aromatic rings. The minimum atomic E-state index is 0.0277. The molecule has 4 unspecified atom stereocenters. The fraction of sp³-hybridized carbons (Fsp3) is 0.629. The lowest BCUT2D eigenvalue weighted by atomic mass is 9.58. The van der Waals surface area contributed by atoms with E-state index in [0.29, 0.717) is 5.92 Å². The molecule has 2 aromatic carbocycles. The zero-order valence-electron chi connectivity index (χ0n) is 24.1. The number of rotatable bonds is 3. The van der Waals surface area contributed by atoms with Crippen molar-refractivity contribution in [3.63, 3.8) is 0 Å². The number of nitrogens with zero attached hydrogens (tertiary/aromatic N) is 2. The van der Waals surface area contributed by atoms with Crippen molar-refractivity contribution < 1.29 is 0 Å². The van der Waals surface area contributed by atoms with E-state index in [-0.39, 0.29) is 10.8 Å². The Morgan fingerprint density at radius 1 is 0.795 bits per heavy atom. The van der Waals surface area contributed by atoms with Crippen LogP contribution in [-0.4, -0.2) is 9.55 Å². The Balaban J connectivity index is 1.38. The summed E-state index contributed by atoms with van der Waals surface area (Å²) >= 11 is 10.7. The molecule has 208 valence electrons. The summed E-state index contributed by atoms with van der Waals surface area (Å²) in [5.41, 5.74) is 5.12. The molecule has 1 aromatic heterocycles. The summed E-state index contributed by atoms with van der Waals surface area (Å²) in [6, 6.07) is 13.6. The van der Waals surface area contributed by atoms with Crippen LogP contribution in [0.25, 0.3) is 16.7 Å². The highest BCUT2D eigenvalue weighted by Crippen LogP contribution is 2.53. The minimum absolute atomic E-state index is 0.0277. The Hall–Kier alpha value is -1.32. The average molecular weight is 608 g/mol. The van der Waals surface area contributed by atoms with E-state index < -0.39 is 0 Å². The maximum absolute atomic E-state index is 7.01. The predicted octanol–water partition coefficient (Wildman–Crippen LogP) is 10.6. The smallest absolute Gasteiger partial charge is 0.120 e. The van der Waals surface area contributed by atoms with E-state index in [9.17, 15) is 0 Å². The van der Waals surface area contributed by atoms with Gasteiger partial charge in [0.25, 0.3) is 0 Å². The molecule has 0 saturated heterocycles. The van der Waals surface area contributed by atoms with E-state index >= 15 is 0 Å². The zero-order chi connectivity index (χ0) is 27.1. The van der Waals surface area contributed by atoms with Gasteiger partial charge in [0, 0.05) is 9.89 Å². The van der Waals surface area contributed by atoms with Crippen molar-refractivity contribution in [3.05, 3.63) is 57.3 Å². The predicted molar refractivity (Wildman–Crippen MR) is 167 cm³/mol. The molecule has 4 atom stereocenters. The summed E-state index contributed by atoms with van der Waals surface area (Å²) in [6.07, 6.45) is 13.5. The highest BCUT2D eigenvalue weighted by atomic mass is 79.9. The molecule has 2 nitrogen and oxygen atoms in total. The molecule has 4 heteroatoms. The van der Waals surface area contributed by atoms with Gasteiger partial charge < -0.3 is 0 Å². The van der Waals surface area contributed by atoms with Gasteiger partial charge in [0.2, 0.25) is 0 Å². The highest BCUT2D eigenvalue weighted by Gasteiger charge is 2.45. The SMILES string of the molecule is CC1CC2CC(C2)CC(C)(c2ccc3c(c2)nc(C2(C)CC(C)CC4CC(C4)C2)n3-c2cccc(Br)c2Cl)C1. The molecular formula is C35H44BrClN2. The van der Waals surface area contributed by atoms with Crippen molar-refractivity contribution in [2.45, 2.75) is 103 Å². The van der Waals surface area contributed by atoms with Crippen molar-refractivity contribution in [3.8, 4) is 5.69 Å². The van der Waals surface area contributed by atoms with Crippen LogP contribution < -0.4 is 0 Å². The van der Waals surface area contributed by atoms with Gasteiger partial charge in [-0.3, -0.25) is 4.57 Å². The van der Waals surface area contributed by atoms with Gasteiger partial charge in [-0.25, -0.2) is 4.98 Å². The topological polar surface area (TPSA) is 17.8 Å². The first kappa shape index (κ1) is 26.6. The van der Waals surface area contributed by atoms with Gasteiger partial charge >= 0.3 is 0 Å². The highest BCUT2D eigenvalue weighted by molar-refractivity contribution is 9.10. The summed E-state index contributed by atoms with van der Waals surface area (Å²) in [6.45, 7) is 9.99. The number of imidazole rings is 1. The van der Waals surface area contributed by atoms with Crippen LogP contribution in [0.15, 0.2) is 40.9 Å². The van der Waals surface area contributed by atoms with E-state index in [1.54, 1.807) is 0 Å². The van der Waals surface area contributed by atoms with E-state index in [2.05, 4.69) is 78.5 Å². The molecule has 0 aliphatic heterocycles. The maximum atomic E-state index is 7.01. The summed E-state index contributed by atoms with van der Waals surface area (Å²) in [7, 11) is 0. The number of benzene rings is 2. The summed E-state index contributed by atoms with van der Waals surface area (Å²) in [4.78, 5) is 5.58. The van der Waals surface area contributed by atoms with Gasteiger partial charge in [-0.15, -0.1) is 0 Å². The quantitative estimate of drug-likeness (QED) is 0.290. The standard InChI is InChI=1S/C35H44BrClN2/c1-21-10-23-12-25(13-23)19-34(3,17-21)27-8-9-30-29(16-27)38-33(39(30)31-7-5-6-28(36)32(31)37)35(4)18-22(2)11-24-14-26(15-24)20-35/h5-9,16,21-26H,10-15,17-20H2,1-4H3. The molecular weight excluding hydrogens is 564 g/mol. The van der Waals surface area contributed by atoms with Crippen LogP contribution in [-0.2, 0) is 10.8 Å². The zero-order valence-corrected chi connectivity index (χ0v) is 26.5. The molecule has 6 fully saturated rings. The Morgan fingerprint density at radius 3 is 2.08 bits per heavy atom. The molecule has 1 heterocycles. The lowest BCUT2D eigenvalue weighted by Crippen LogP contribution is -2.39. The molecule has 0 spiro atoms. The normalized spacial score (nSPS) is 38.2. The molecule has 6 aliphatic rings. The van der Waals surface area contributed by atoms with Crippen molar-refractivity contribution in [1.29, 1.82) is 0 Å². The van der Waals surface area contributed by atoms with Crippen LogP contribution in [0.4, 0.5) is 0 Å². The van der Waals surface area contributed by atoms with Crippen LogP contribution in [0.5, 0.6) is 0 Å². The molecule has 0 amide bonds. The minimum Gasteiger partial charge on any atom is -0.294 e. The molecule has 4 bridgehead atoms. The van der Waals surface area contributed by atoms with Gasteiger partial charge in [-0.2, -0.15) is 0 Å². The van der Waals surface area contributed by atoms with Crippen LogP contribution in [0.3, 0.4) is 0 Å². The first-order valence-corrected chi connectivity index (χ1v) is 16.7. The van der Waals surface area contributed by atoms with E-state index in [0.717, 1.165) is 50.3 Å². The van der Waals surface area contributed by atoms with Crippen LogP contribution >= 0.6 is 27.5 Å². The number of halogens is 2. The molecule has 6 saturated carbocycles. The van der Waals surface area contributed by atoms with Gasteiger partial charge in [-0.05, 0) is 151 Å². The fourth-order valence-corrected chi connectivity index (χ4v) is 10.5. The Morgan fingerprint density at radius 2 is 1.41 bits per heavy atom. The number of aromatic nitrogens is 2. The van der Waals surface area contributed by atoms with E-state index in [1.165, 1.54) is 81.1 Å². The third kappa shape index (κ3) is 4.62. The Kier molecular flexibility index (Phi) is 6.55. The lowest BCUT2D eigenvalue weighted by molar-refractivity contribution is 0.0799. The summed E-state index contributed by atoms with van der Waals surface area (Å²) in [5.74, 6) is 6.38. The Labute approximate surface area is 248 Å². The molecule has 39 heavy (non-hydrogen) atoms. The van der Waals surface area contributed by atoms with Crippen LogP contribution in [0.2, 0.25) is 5.02 Å². The fourth-order valence-electron chi connectivity index (χ4n) is 9.94. The molecule has 6 aliphatic carbocycles. The van der Waals surface area contributed by atoms with Crippen molar-refractivity contribution in [2.75, 3.05) is 0 Å². The van der Waals surface area contributed by atoms with Gasteiger partial charge in [-0.1, -0.05) is 51.4 Å². The average Bonchev–Trinajstić information content (AvgIpc) is 3.20. The molecule has 0 radical (unpaired) electrons. The third-order valence-electron chi connectivity index (χ3n) is 11.3. The summed E-state index contributed by atoms with van der Waals surface area (Å²) in [5, 5.41) is 0.772. The number of hydrogen-bond acceptors (Lipinski definition) is 1. The second kappa shape index (κ2) is 9.62. The first-order chi connectivity index (χ1) is 18.6. The second-order valence-electron chi connectivity index (χ2n) is 15.1. The second-order valence-corrected chi connectivity index (χ2v) is 16.3. The molecule has 0 N–H and O–H groups in total. The van der Waals surface area contributed by atoms with E-state index in [1.807, 2.05) is 6.07 Å². The molecule has 9 rings (SSSR count). The van der Waals surface area contributed by atoms with Crippen molar-refractivity contribution in [2.24, 2.45) is 35.5 Å². The van der Waals surface area contributed by atoms with Crippen LogP contribution in [0, 0.1) is 35.5 Å². The van der Waals surface area contributed by atoms with Gasteiger partial charge in [0.1, 0.15) is 5.82 Å². The third-order valence-corrected chi connectivity index (χ3v) is 12.6. The number of hydrogen-bond donors (Lipinski definition) is 0. The lowest BCUT2D eigenvalue weighted by Gasteiger charge is -2.47. The monoisotopic (exact) mass is 606 g/mol. The van der Waals surface area contributed by atoms with E-state index in [4.69, 9.17) is 16.6 Å². The van der Waals surface area contributed by atoms with Crippen molar-refractivity contribution >= 4 is 38.6 Å². The summed E-state index contributed by atoms with van der Waals surface area (Å²) < 4.78 is 3.37. The Bertz CT molecular complexity index is 1390. The van der Waals surface area contributed by atoms with Gasteiger partial charge in [0.15, 0.2) is 0 Å².